The molecule has 2 unspecified atom stereocenters. The van der Waals surface area contributed by atoms with Gasteiger partial charge in [0, 0.05) is 17.1 Å². The van der Waals surface area contributed by atoms with Crippen LogP contribution < -0.4 is 5.32 Å². The van der Waals surface area contributed by atoms with Gasteiger partial charge < -0.3 is 10.1 Å². The van der Waals surface area contributed by atoms with E-state index < -0.39 is 0 Å². The molecular formula is C16H24BrNO. The number of rotatable bonds is 7. The summed E-state index contributed by atoms with van der Waals surface area (Å²) < 4.78 is 6.90. The highest BCUT2D eigenvalue weighted by molar-refractivity contribution is 9.10. The number of halogens is 1. The summed E-state index contributed by atoms with van der Waals surface area (Å²) in [6, 6.07) is 8.97. The van der Waals surface area contributed by atoms with E-state index in [4.69, 9.17) is 4.74 Å². The largest absolute Gasteiger partial charge is 0.378 e. The third-order valence-corrected chi connectivity index (χ3v) is 4.50. The highest BCUT2D eigenvalue weighted by Crippen LogP contribution is 2.28. The minimum Gasteiger partial charge on any atom is -0.378 e. The number of hydrogen-bond donors (Lipinski definition) is 1. The molecule has 2 atom stereocenters. The monoisotopic (exact) mass is 325 g/mol. The number of ether oxygens (including phenoxy) is 1. The molecule has 0 spiro atoms. The second kappa shape index (κ2) is 8.03. The van der Waals surface area contributed by atoms with Crippen molar-refractivity contribution in [3.8, 4) is 0 Å². The van der Waals surface area contributed by atoms with Crippen molar-refractivity contribution in [3.05, 3.63) is 34.3 Å². The Hall–Kier alpha value is -0.380. The Morgan fingerprint density at radius 1 is 1.42 bits per heavy atom. The van der Waals surface area contributed by atoms with E-state index in [1.54, 1.807) is 0 Å². The minimum absolute atomic E-state index is 0.446. The molecule has 1 aliphatic heterocycles. The SMILES string of the molecule is CCNC(CCCC1CCCO1)c1ccccc1Br. The van der Waals surface area contributed by atoms with Crippen LogP contribution in [-0.2, 0) is 4.74 Å². The lowest BCUT2D eigenvalue weighted by Crippen LogP contribution is -2.21. The summed E-state index contributed by atoms with van der Waals surface area (Å²) in [6.45, 7) is 4.14. The molecule has 1 N–H and O–H groups in total. The molecular weight excluding hydrogens is 302 g/mol. The molecule has 2 nitrogen and oxygen atoms in total. The fraction of sp³-hybridized carbons (Fsp3) is 0.625. The van der Waals surface area contributed by atoms with Crippen LogP contribution in [-0.4, -0.2) is 19.3 Å². The first-order valence-corrected chi connectivity index (χ1v) is 8.20. The topological polar surface area (TPSA) is 21.3 Å². The van der Waals surface area contributed by atoms with Crippen LogP contribution in [0, 0.1) is 0 Å². The minimum atomic E-state index is 0.446. The third-order valence-electron chi connectivity index (χ3n) is 3.77. The van der Waals surface area contributed by atoms with E-state index in [0.29, 0.717) is 12.1 Å². The van der Waals surface area contributed by atoms with Crippen molar-refractivity contribution in [2.75, 3.05) is 13.2 Å². The van der Waals surface area contributed by atoms with Crippen LogP contribution in [0.3, 0.4) is 0 Å². The quantitative estimate of drug-likeness (QED) is 0.799. The summed E-state index contributed by atoms with van der Waals surface area (Å²) in [5.41, 5.74) is 1.37. The predicted molar refractivity (Wildman–Crippen MR) is 83.4 cm³/mol. The molecule has 1 heterocycles. The first-order chi connectivity index (χ1) is 9.31. The first kappa shape index (κ1) is 15.0. The van der Waals surface area contributed by atoms with Crippen molar-refractivity contribution in [2.24, 2.45) is 0 Å². The smallest absolute Gasteiger partial charge is 0.0576 e. The zero-order chi connectivity index (χ0) is 13.5. The first-order valence-electron chi connectivity index (χ1n) is 7.40. The van der Waals surface area contributed by atoms with Crippen molar-refractivity contribution < 1.29 is 4.74 Å². The average Bonchev–Trinajstić information content (AvgIpc) is 2.92. The molecule has 19 heavy (non-hydrogen) atoms. The number of nitrogens with one attached hydrogen (secondary N) is 1. The Balaban J connectivity index is 1.87. The molecule has 1 aliphatic rings. The van der Waals surface area contributed by atoms with Crippen molar-refractivity contribution in [1.82, 2.24) is 5.32 Å². The van der Waals surface area contributed by atoms with Gasteiger partial charge in [-0.1, -0.05) is 41.1 Å². The van der Waals surface area contributed by atoms with Crippen LogP contribution >= 0.6 is 15.9 Å². The van der Waals surface area contributed by atoms with Gasteiger partial charge in [-0.25, -0.2) is 0 Å². The molecule has 1 aromatic rings. The Kier molecular flexibility index (Phi) is 6.35. The fourth-order valence-corrected chi connectivity index (χ4v) is 3.35. The Morgan fingerprint density at radius 2 is 2.26 bits per heavy atom. The van der Waals surface area contributed by atoms with E-state index in [1.807, 2.05) is 0 Å². The molecule has 0 amide bonds. The van der Waals surface area contributed by atoms with E-state index in [-0.39, 0.29) is 0 Å². The van der Waals surface area contributed by atoms with Crippen LogP contribution in [0.15, 0.2) is 28.7 Å². The molecule has 0 aliphatic carbocycles. The van der Waals surface area contributed by atoms with Gasteiger partial charge in [0.15, 0.2) is 0 Å². The molecule has 0 aromatic heterocycles. The second-order valence-corrected chi connectivity index (χ2v) is 6.05. The lowest BCUT2D eigenvalue weighted by molar-refractivity contribution is 0.101. The molecule has 1 aromatic carbocycles. The summed E-state index contributed by atoms with van der Waals surface area (Å²) >= 11 is 3.66. The lowest BCUT2D eigenvalue weighted by Gasteiger charge is -2.20. The summed E-state index contributed by atoms with van der Waals surface area (Å²) in [4.78, 5) is 0. The van der Waals surface area contributed by atoms with Gasteiger partial charge in [0.2, 0.25) is 0 Å². The molecule has 0 saturated carbocycles. The van der Waals surface area contributed by atoms with E-state index in [9.17, 15) is 0 Å². The molecule has 106 valence electrons. The van der Waals surface area contributed by atoms with Crippen molar-refractivity contribution in [2.45, 2.75) is 51.2 Å². The van der Waals surface area contributed by atoms with Crippen LogP contribution in [0.5, 0.6) is 0 Å². The maximum Gasteiger partial charge on any atom is 0.0576 e. The summed E-state index contributed by atoms with van der Waals surface area (Å²) in [7, 11) is 0. The molecule has 1 fully saturated rings. The van der Waals surface area contributed by atoms with Crippen LogP contribution in [0.1, 0.15) is 50.6 Å². The third kappa shape index (κ3) is 4.59. The zero-order valence-electron chi connectivity index (χ0n) is 11.7. The van der Waals surface area contributed by atoms with Gasteiger partial charge in [-0.2, -0.15) is 0 Å². The molecule has 2 rings (SSSR count). The molecule has 0 bridgehead atoms. The van der Waals surface area contributed by atoms with Gasteiger partial charge in [0.25, 0.3) is 0 Å². The van der Waals surface area contributed by atoms with Crippen molar-refractivity contribution in [1.29, 1.82) is 0 Å². The van der Waals surface area contributed by atoms with Crippen LogP contribution in [0.2, 0.25) is 0 Å². The normalized spacial score (nSPS) is 20.6. The Morgan fingerprint density at radius 3 is 2.95 bits per heavy atom. The van der Waals surface area contributed by atoms with E-state index in [2.05, 4.69) is 52.4 Å². The maximum absolute atomic E-state index is 5.69. The molecule has 1 saturated heterocycles. The molecule has 3 heteroatoms. The van der Waals surface area contributed by atoms with Gasteiger partial charge in [0.05, 0.1) is 6.10 Å². The van der Waals surface area contributed by atoms with E-state index >= 15 is 0 Å². The lowest BCUT2D eigenvalue weighted by atomic mass is 9.99. The summed E-state index contributed by atoms with van der Waals surface area (Å²) in [6.07, 6.45) is 6.61. The highest BCUT2D eigenvalue weighted by atomic mass is 79.9. The Bertz CT molecular complexity index is 377. The Labute approximate surface area is 125 Å². The standard InChI is InChI=1S/C16H24BrNO/c1-2-18-16(14-9-3-4-10-15(14)17)11-5-7-13-8-6-12-19-13/h3-4,9-10,13,16,18H,2,5-8,11-12H2,1H3. The van der Waals surface area contributed by atoms with Crippen LogP contribution in [0.25, 0.3) is 0 Å². The van der Waals surface area contributed by atoms with Gasteiger partial charge in [0.1, 0.15) is 0 Å². The fourth-order valence-electron chi connectivity index (χ4n) is 2.79. The van der Waals surface area contributed by atoms with E-state index in [0.717, 1.165) is 13.2 Å². The van der Waals surface area contributed by atoms with Crippen LogP contribution in [0.4, 0.5) is 0 Å². The second-order valence-electron chi connectivity index (χ2n) is 5.20. The van der Waals surface area contributed by atoms with Crippen molar-refractivity contribution in [3.63, 3.8) is 0 Å². The van der Waals surface area contributed by atoms with Gasteiger partial charge in [-0.15, -0.1) is 0 Å². The van der Waals surface area contributed by atoms with Crippen molar-refractivity contribution >= 4 is 15.9 Å². The molecule has 0 radical (unpaired) electrons. The summed E-state index contributed by atoms with van der Waals surface area (Å²) in [5.74, 6) is 0. The summed E-state index contributed by atoms with van der Waals surface area (Å²) in [5, 5.41) is 3.59. The van der Waals surface area contributed by atoms with Gasteiger partial charge in [-0.3, -0.25) is 0 Å². The van der Waals surface area contributed by atoms with E-state index in [1.165, 1.54) is 42.1 Å². The maximum atomic E-state index is 5.69. The number of hydrogen-bond acceptors (Lipinski definition) is 2. The predicted octanol–water partition coefficient (Wildman–Crippen LogP) is 4.45. The number of benzene rings is 1. The highest BCUT2D eigenvalue weighted by Gasteiger charge is 2.17. The average molecular weight is 326 g/mol. The van der Waals surface area contributed by atoms with Gasteiger partial charge in [-0.05, 0) is 50.3 Å². The van der Waals surface area contributed by atoms with Gasteiger partial charge >= 0.3 is 0 Å². The zero-order valence-corrected chi connectivity index (χ0v) is 13.3.